The Labute approximate surface area is 124 Å². The second kappa shape index (κ2) is 5.85. The maximum atomic E-state index is 12.3. The van der Waals surface area contributed by atoms with Crippen molar-refractivity contribution in [2.24, 2.45) is 0 Å². The number of rotatable bonds is 3. The minimum atomic E-state index is -0.746. The monoisotopic (exact) mass is 340 g/mol. The van der Waals surface area contributed by atoms with E-state index in [-0.39, 0.29) is 5.91 Å². The fourth-order valence-corrected chi connectivity index (χ4v) is 3.56. The summed E-state index contributed by atoms with van der Waals surface area (Å²) < 4.78 is 5.80. The molecular formula is C13H13BrN2O2S. The third-order valence-electron chi connectivity index (χ3n) is 3.01. The van der Waals surface area contributed by atoms with E-state index >= 15 is 0 Å². The number of halogens is 1. The molecule has 1 unspecified atom stereocenters. The van der Waals surface area contributed by atoms with Gasteiger partial charge in [0.2, 0.25) is 0 Å². The van der Waals surface area contributed by atoms with Crippen LogP contribution in [0.15, 0.2) is 22.7 Å². The van der Waals surface area contributed by atoms with E-state index in [4.69, 9.17) is 4.74 Å². The van der Waals surface area contributed by atoms with Crippen LogP contribution < -0.4 is 10.1 Å². The zero-order chi connectivity index (χ0) is 13.9. The molecule has 1 heterocycles. The fourth-order valence-electron chi connectivity index (χ4n) is 1.87. The van der Waals surface area contributed by atoms with Gasteiger partial charge in [0.1, 0.15) is 11.3 Å². The second-order valence-electron chi connectivity index (χ2n) is 4.30. The van der Waals surface area contributed by atoms with E-state index in [2.05, 4.69) is 27.3 Å². The molecule has 0 aromatic heterocycles. The fraction of sp³-hybridized carbons (Fsp3) is 0.385. The van der Waals surface area contributed by atoms with Gasteiger partial charge in [0.15, 0.2) is 0 Å². The molecule has 1 aliphatic heterocycles. The summed E-state index contributed by atoms with van der Waals surface area (Å²) in [5.74, 6) is 1.89. The molecule has 6 heteroatoms. The maximum Gasteiger partial charge on any atom is 0.253 e. The van der Waals surface area contributed by atoms with Gasteiger partial charge < -0.3 is 10.1 Å². The molecule has 19 heavy (non-hydrogen) atoms. The van der Waals surface area contributed by atoms with Gasteiger partial charge in [0, 0.05) is 10.2 Å². The average molecular weight is 341 g/mol. The molecule has 100 valence electrons. The van der Waals surface area contributed by atoms with Gasteiger partial charge in [-0.05, 0) is 46.3 Å². The topological polar surface area (TPSA) is 62.1 Å². The lowest BCUT2D eigenvalue weighted by Crippen LogP contribution is -2.47. The number of hydrogen-bond donors (Lipinski definition) is 1. The molecule has 1 aliphatic rings. The molecule has 1 fully saturated rings. The predicted octanol–water partition coefficient (Wildman–Crippen LogP) is 2.59. The van der Waals surface area contributed by atoms with Gasteiger partial charge in [-0.2, -0.15) is 17.0 Å². The lowest BCUT2D eigenvalue weighted by Gasteiger charge is -2.21. The van der Waals surface area contributed by atoms with Crippen LogP contribution in [-0.4, -0.2) is 30.1 Å². The summed E-state index contributed by atoms with van der Waals surface area (Å²) in [6, 6.07) is 7.42. The van der Waals surface area contributed by atoms with Crippen LogP contribution in [0.25, 0.3) is 0 Å². The number of nitriles is 1. The molecule has 0 bridgehead atoms. The second-order valence-corrected chi connectivity index (χ2v) is 6.26. The van der Waals surface area contributed by atoms with Gasteiger partial charge >= 0.3 is 0 Å². The number of amides is 1. The van der Waals surface area contributed by atoms with Crippen molar-refractivity contribution in [2.45, 2.75) is 12.0 Å². The van der Waals surface area contributed by atoms with E-state index in [0.29, 0.717) is 28.0 Å². The Morgan fingerprint density at radius 1 is 1.63 bits per heavy atom. The van der Waals surface area contributed by atoms with E-state index < -0.39 is 5.54 Å². The predicted molar refractivity (Wildman–Crippen MR) is 78.4 cm³/mol. The number of hydrogen-bond acceptors (Lipinski definition) is 4. The first-order chi connectivity index (χ1) is 9.10. The number of carbonyl (C=O) groups excluding carboxylic acids is 1. The number of ether oxygens (including phenoxy) is 1. The first kappa shape index (κ1) is 14.2. The van der Waals surface area contributed by atoms with E-state index in [9.17, 15) is 10.1 Å². The quantitative estimate of drug-likeness (QED) is 0.918. The minimum absolute atomic E-state index is 0.255. The largest absolute Gasteiger partial charge is 0.497 e. The van der Waals surface area contributed by atoms with E-state index in [1.54, 1.807) is 37.1 Å². The molecule has 1 aromatic carbocycles. The highest BCUT2D eigenvalue weighted by atomic mass is 79.9. The van der Waals surface area contributed by atoms with E-state index in [1.807, 2.05) is 0 Å². The van der Waals surface area contributed by atoms with Crippen molar-refractivity contribution in [1.82, 2.24) is 5.32 Å². The number of nitrogens with one attached hydrogen (secondary N) is 1. The van der Waals surface area contributed by atoms with Crippen molar-refractivity contribution in [3.05, 3.63) is 28.2 Å². The van der Waals surface area contributed by atoms with Crippen molar-refractivity contribution >= 4 is 33.6 Å². The molecule has 1 atom stereocenters. The summed E-state index contributed by atoms with van der Waals surface area (Å²) in [6.07, 6.45) is 0.682. The van der Waals surface area contributed by atoms with Gasteiger partial charge in [0.05, 0.1) is 18.7 Å². The highest BCUT2D eigenvalue weighted by Crippen LogP contribution is 2.29. The van der Waals surface area contributed by atoms with Crippen LogP contribution in [0.5, 0.6) is 5.75 Å². The molecule has 1 N–H and O–H groups in total. The lowest BCUT2D eigenvalue weighted by atomic mass is 10.0. The number of carbonyl (C=O) groups is 1. The van der Waals surface area contributed by atoms with Gasteiger partial charge in [0.25, 0.3) is 5.91 Å². The molecule has 4 nitrogen and oxygen atoms in total. The average Bonchev–Trinajstić information content (AvgIpc) is 2.88. The summed E-state index contributed by atoms with van der Waals surface area (Å²) in [6.45, 7) is 0. The molecule has 0 aliphatic carbocycles. The zero-order valence-corrected chi connectivity index (χ0v) is 12.8. The van der Waals surface area contributed by atoms with Crippen LogP contribution in [0.4, 0.5) is 0 Å². The summed E-state index contributed by atoms with van der Waals surface area (Å²) in [4.78, 5) is 12.3. The Kier molecular flexibility index (Phi) is 4.38. The number of benzene rings is 1. The smallest absolute Gasteiger partial charge is 0.253 e. The van der Waals surface area contributed by atoms with Gasteiger partial charge in [-0.3, -0.25) is 4.79 Å². The summed E-state index contributed by atoms with van der Waals surface area (Å²) in [5.41, 5.74) is -0.268. The molecule has 1 aromatic rings. The maximum absolute atomic E-state index is 12.3. The van der Waals surface area contributed by atoms with Gasteiger partial charge in [-0.1, -0.05) is 0 Å². The molecule has 1 saturated heterocycles. The Morgan fingerprint density at radius 2 is 2.42 bits per heavy atom. The third kappa shape index (κ3) is 3.04. The molecule has 0 spiro atoms. The zero-order valence-electron chi connectivity index (χ0n) is 10.4. The lowest BCUT2D eigenvalue weighted by molar-refractivity contribution is 0.0925. The minimum Gasteiger partial charge on any atom is -0.497 e. The van der Waals surface area contributed by atoms with Crippen molar-refractivity contribution in [3.8, 4) is 11.8 Å². The highest BCUT2D eigenvalue weighted by Gasteiger charge is 2.36. The van der Waals surface area contributed by atoms with Crippen molar-refractivity contribution in [1.29, 1.82) is 5.26 Å². The first-order valence-corrected chi connectivity index (χ1v) is 7.70. The van der Waals surface area contributed by atoms with Gasteiger partial charge in [-0.15, -0.1) is 0 Å². The Hall–Kier alpha value is -1.19. The number of nitrogens with zero attached hydrogens (tertiary/aromatic N) is 1. The normalized spacial score (nSPS) is 21.7. The van der Waals surface area contributed by atoms with Crippen LogP contribution in [0, 0.1) is 11.3 Å². The van der Waals surface area contributed by atoms with Crippen LogP contribution in [0.2, 0.25) is 0 Å². The van der Waals surface area contributed by atoms with Crippen molar-refractivity contribution in [2.75, 3.05) is 18.6 Å². The third-order valence-corrected chi connectivity index (χ3v) is 4.89. The van der Waals surface area contributed by atoms with Crippen LogP contribution in [-0.2, 0) is 0 Å². The van der Waals surface area contributed by atoms with Crippen LogP contribution in [0.1, 0.15) is 16.8 Å². The summed E-state index contributed by atoms with van der Waals surface area (Å²) >= 11 is 5.03. The standard InChI is InChI=1S/C13H13BrN2O2S/c1-18-9-2-3-11(14)10(6-9)12(17)16-13(7-15)4-5-19-8-13/h2-3,6H,4-5,8H2,1H3,(H,16,17). The van der Waals surface area contributed by atoms with E-state index in [1.165, 1.54) is 0 Å². The number of thioether (sulfide) groups is 1. The van der Waals surface area contributed by atoms with E-state index in [0.717, 1.165) is 5.75 Å². The molecule has 1 amide bonds. The molecule has 0 radical (unpaired) electrons. The Balaban J connectivity index is 2.22. The first-order valence-electron chi connectivity index (χ1n) is 5.75. The summed E-state index contributed by atoms with van der Waals surface area (Å²) in [5, 5.41) is 12.1. The molecule has 0 saturated carbocycles. The van der Waals surface area contributed by atoms with Crippen LogP contribution >= 0.6 is 27.7 Å². The Morgan fingerprint density at radius 3 is 3.00 bits per heavy atom. The van der Waals surface area contributed by atoms with Crippen molar-refractivity contribution in [3.63, 3.8) is 0 Å². The van der Waals surface area contributed by atoms with Crippen LogP contribution in [0.3, 0.4) is 0 Å². The van der Waals surface area contributed by atoms with Gasteiger partial charge in [-0.25, -0.2) is 0 Å². The summed E-state index contributed by atoms with van der Waals surface area (Å²) in [7, 11) is 1.55. The number of methoxy groups -OCH3 is 1. The molecule has 2 rings (SSSR count). The molecular weight excluding hydrogens is 328 g/mol. The highest BCUT2D eigenvalue weighted by molar-refractivity contribution is 9.10. The Bertz CT molecular complexity index is 536. The van der Waals surface area contributed by atoms with Crippen molar-refractivity contribution < 1.29 is 9.53 Å². The SMILES string of the molecule is COc1ccc(Br)c(C(=O)NC2(C#N)CCSC2)c1.